The van der Waals surface area contributed by atoms with E-state index in [1.165, 1.54) is 4.90 Å². The van der Waals surface area contributed by atoms with Crippen molar-refractivity contribution >= 4 is 11.8 Å². The lowest BCUT2D eigenvalue weighted by atomic mass is 10.3. The summed E-state index contributed by atoms with van der Waals surface area (Å²) in [6.07, 6.45) is 0. The third-order valence-electron chi connectivity index (χ3n) is 1.95. The van der Waals surface area contributed by atoms with E-state index in [1.54, 1.807) is 7.11 Å². The highest BCUT2D eigenvalue weighted by atomic mass is 32.2. The van der Waals surface area contributed by atoms with Gasteiger partial charge in [0.1, 0.15) is 5.75 Å². The third-order valence-corrected chi connectivity index (χ3v) is 3.08. The molecule has 1 aliphatic rings. The molecule has 0 aliphatic carbocycles. The fourth-order valence-electron chi connectivity index (χ4n) is 1.15. The highest BCUT2D eigenvalue weighted by Gasteiger charge is 2.19. The van der Waals surface area contributed by atoms with Crippen LogP contribution in [0.15, 0.2) is 29.2 Å². The van der Waals surface area contributed by atoms with Gasteiger partial charge < -0.3 is 9.47 Å². The van der Waals surface area contributed by atoms with Crippen LogP contribution in [0.3, 0.4) is 0 Å². The Labute approximate surface area is 82.2 Å². The molecule has 1 aliphatic heterocycles. The standard InChI is InChI=1S/C10H12O2S/c1-11-8-3-2-4-9(5-8)13-10-6-12-7-10/h2-5,10H,6-7H2,1H3. The van der Waals surface area contributed by atoms with Gasteiger partial charge >= 0.3 is 0 Å². The maximum Gasteiger partial charge on any atom is 0.119 e. The van der Waals surface area contributed by atoms with Gasteiger partial charge in [-0.1, -0.05) is 6.07 Å². The van der Waals surface area contributed by atoms with Crippen LogP contribution < -0.4 is 4.74 Å². The Bertz CT molecular complexity index is 284. The lowest BCUT2D eigenvalue weighted by Gasteiger charge is -2.25. The average Bonchev–Trinajstić information content (AvgIpc) is 2.12. The van der Waals surface area contributed by atoms with Gasteiger partial charge in [-0.15, -0.1) is 11.8 Å². The van der Waals surface area contributed by atoms with E-state index in [2.05, 4.69) is 12.1 Å². The SMILES string of the molecule is COc1cccc(SC2COC2)c1. The molecule has 2 nitrogen and oxygen atoms in total. The minimum Gasteiger partial charge on any atom is -0.497 e. The van der Waals surface area contributed by atoms with Gasteiger partial charge in [-0.3, -0.25) is 0 Å². The van der Waals surface area contributed by atoms with Crippen molar-refractivity contribution in [1.82, 2.24) is 0 Å². The summed E-state index contributed by atoms with van der Waals surface area (Å²) in [5.41, 5.74) is 0. The van der Waals surface area contributed by atoms with E-state index in [0.717, 1.165) is 19.0 Å². The molecule has 1 heterocycles. The maximum atomic E-state index is 5.14. The largest absolute Gasteiger partial charge is 0.497 e. The molecule has 0 atom stereocenters. The molecule has 70 valence electrons. The fraction of sp³-hybridized carbons (Fsp3) is 0.400. The molecule has 1 saturated heterocycles. The molecule has 0 unspecified atom stereocenters. The Kier molecular flexibility index (Phi) is 2.76. The summed E-state index contributed by atoms with van der Waals surface area (Å²) in [6, 6.07) is 8.14. The molecule has 1 aromatic rings. The fourth-order valence-corrected chi connectivity index (χ4v) is 2.20. The number of thioether (sulfide) groups is 1. The van der Waals surface area contributed by atoms with E-state index in [4.69, 9.17) is 9.47 Å². The summed E-state index contributed by atoms with van der Waals surface area (Å²) in [6.45, 7) is 1.75. The molecule has 0 amide bonds. The van der Waals surface area contributed by atoms with E-state index in [-0.39, 0.29) is 0 Å². The first-order chi connectivity index (χ1) is 6.38. The molecule has 0 radical (unpaired) electrons. The van der Waals surface area contributed by atoms with E-state index < -0.39 is 0 Å². The van der Waals surface area contributed by atoms with Crippen LogP contribution in [-0.2, 0) is 4.74 Å². The molecule has 3 heteroatoms. The quantitative estimate of drug-likeness (QED) is 0.738. The number of benzene rings is 1. The number of hydrogen-bond donors (Lipinski definition) is 0. The van der Waals surface area contributed by atoms with Gasteiger partial charge in [0.15, 0.2) is 0 Å². The Morgan fingerprint density at radius 2 is 2.31 bits per heavy atom. The molecule has 1 fully saturated rings. The zero-order chi connectivity index (χ0) is 9.10. The zero-order valence-electron chi connectivity index (χ0n) is 7.53. The highest BCUT2D eigenvalue weighted by molar-refractivity contribution is 8.00. The van der Waals surface area contributed by atoms with Crippen molar-refractivity contribution in [3.8, 4) is 5.75 Å². The Morgan fingerprint density at radius 1 is 1.46 bits per heavy atom. The first-order valence-corrected chi connectivity index (χ1v) is 5.15. The highest BCUT2D eigenvalue weighted by Crippen LogP contribution is 2.29. The first kappa shape index (κ1) is 8.91. The van der Waals surface area contributed by atoms with Crippen molar-refractivity contribution < 1.29 is 9.47 Å². The van der Waals surface area contributed by atoms with Crippen molar-refractivity contribution in [3.05, 3.63) is 24.3 Å². The van der Waals surface area contributed by atoms with E-state index in [1.807, 2.05) is 23.9 Å². The molecule has 1 aromatic carbocycles. The Balaban J connectivity index is 2.01. The summed E-state index contributed by atoms with van der Waals surface area (Å²) in [5.74, 6) is 0.922. The zero-order valence-corrected chi connectivity index (χ0v) is 8.34. The van der Waals surface area contributed by atoms with Crippen molar-refractivity contribution in [2.45, 2.75) is 10.1 Å². The summed E-state index contributed by atoms with van der Waals surface area (Å²) < 4.78 is 10.3. The predicted octanol–water partition coefficient (Wildman–Crippen LogP) is 2.19. The van der Waals surface area contributed by atoms with Crippen molar-refractivity contribution in [1.29, 1.82) is 0 Å². The van der Waals surface area contributed by atoms with Crippen LogP contribution in [0.5, 0.6) is 5.75 Å². The predicted molar refractivity (Wildman–Crippen MR) is 53.5 cm³/mol. The van der Waals surface area contributed by atoms with Gasteiger partial charge in [-0.05, 0) is 18.2 Å². The summed E-state index contributed by atoms with van der Waals surface area (Å²) in [5, 5.41) is 0.632. The van der Waals surface area contributed by atoms with Crippen LogP contribution in [0.1, 0.15) is 0 Å². The molecule has 13 heavy (non-hydrogen) atoms. The number of methoxy groups -OCH3 is 1. The normalized spacial score (nSPS) is 16.7. The van der Waals surface area contributed by atoms with Crippen LogP contribution >= 0.6 is 11.8 Å². The molecular formula is C10H12O2S. The minimum absolute atomic E-state index is 0.632. The maximum absolute atomic E-state index is 5.14. The smallest absolute Gasteiger partial charge is 0.119 e. The molecule has 0 bridgehead atoms. The van der Waals surface area contributed by atoms with Gasteiger partial charge in [-0.25, -0.2) is 0 Å². The average molecular weight is 196 g/mol. The molecule has 0 spiro atoms. The van der Waals surface area contributed by atoms with E-state index >= 15 is 0 Å². The van der Waals surface area contributed by atoms with Gasteiger partial charge in [0.05, 0.1) is 25.6 Å². The Hall–Kier alpha value is -0.670. The van der Waals surface area contributed by atoms with Gasteiger partial charge in [0.25, 0.3) is 0 Å². The topological polar surface area (TPSA) is 18.5 Å². The summed E-state index contributed by atoms with van der Waals surface area (Å²) in [7, 11) is 1.69. The first-order valence-electron chi connectivity index (χ1n) is 4.27. The van der Waals surface area contributed by atoms with Crippen LogP contribution in [0.2, 0.25) is 0 Å². The second-order valence-electron chi connectivity index (χ2n) is 2.96. The number of ether oxygens (including phenoxy) is 2. The summed E-state index contributed by atoms with van der Waals surface area (Å²) >= 11 is 1.85. The number of rotatable bonds is 3. The third kappa shape index (κ3) is 2.17. The lowest BCUT2D eigenvalue weighted by Crippen LogP contribution is -2.29. The van der Waals surface area contributed by atoms with Crippen LogP contribution in [-0.4, -0.2) is 25.6 Å². The van der Waals surface area contributed by atoms with E-state index in [9.17, 15) is 0 Å². The molecule has 0 N–H and O–H groups in total. The number of hydrogen-bond acceptors (Lipinski definition) is 3. The van der Waals surface area contributed by atoms with Crippen LogP contribution in [0.25, 0.3) is 0 Å². The van der Waals surface area contributed by atoms with Gasteiger partial charge in [-0.2, -0.15) is 0 Å². The minimum atomic E-state index is 0.632. The summed E-state index contributed by atoms with van der Waals surface area (Å²) in [4.78, 5) is 1.26. The molecule has 0 saturated carbocycles. The molecule has 0 aromatic heterocycles. The van der Waals surface area contributed by atoms with Gasteiger partial charge in [0.2, 0.25) is 0 Å². The second kappa shape index (κ2) is 4.03. The van der Waals surface area contributed by atoms with Crippen LogP contribution in [0, 0.1) is 0 Å². The molecule has 2 rings (SSSR count). The Morgan fingerprint density at radius 3 is 2.92 bits per heavy atom. The second-order valence-corrected chi connectivity index (χ2v) is 4.33. The molecular weight excluding hydrogens is 184 g/mol. The van der Waals surface area contributed by atoms with Crippen molar-refractivity contribution in [2.75, 3.05) is 20.3 Å². The van der Waals surface area contributed by atoms with Crippen molar-refractivity contribution in [2.24, 2.45) is 0 Å². The lowest BCUT2D eigenvalue weighted by molar-refractivity contribution is 0.0455. The monoisotopic (exact) mass is 196 g/mol. The van der Waals surface area contributed by atoms with Crippen molar-refractivity contribution in [3.63, 3.8) is 0 Å². The van der Waals surface area contributed by atoms with E-state index in [0.29, 0.717) is 5.25 Å². The van der Waals surface area contributed by atoms with Gasteiger partial charge in [0, 0.05) is 4.90 Å². The van der Waals surface area contributed by atoms with Crippen LogP contribution in [0.4, 0.5) is 0 Å².